The van der Waals surface area contributed by atoms with Crippen molar-refractivity contribution in [1.29, 1.82) is 0 Å². The van der Waals surface area contributed by atoms with Crippen LogP contribution in [0.1, 0.15) is 32.3 Å². The number of hydrogen-bond acceptors (Lipinski definition) is 4. The molecule has 0 spiro atoms. The van der Waals surface area contributed by atoms with E-state index in [2.05, 4.69) is 17.3 Å². The molecule has 1 aromatic rings. The lowest BCUT2D eigenvalue weighted by molar-refractivity contribution is 0.202. The molecular weight excluding hydrogens is 268 g/mol. The van der Waals surface area contributed by atoms with Crippen LogP contribution in [0.15, 0.2) is 29.4 Å². The van der Waals surface area contributed by atoms with Crippen LogP contribution < -0.4 is 10.5 Å². The Hall–Kier alpha value is -1.75. The van der Waals surface area contributed by atoms with Crippen LogP contribution in [0.2, 0.25) is 0 Å². The molecular formula is C16H26N2O3. The van der Waals surface area contributed by atoms with Crippen molar-refractivity contribution in [2.75, 3.05) is 20.3 Å². The van der Waals surface area contributed by atoms with Crippen LogP contribution >= 0.6 is 0 Å². The average molecular weight is 294 g/mol. The third-order valence-electron chi connectivity index (χ3n) is 3.53. The molecule has 0 aliphatic heterocycles. The average Bonchev–Trinajstić information content (AvgIpc) is 2.49. The van der Waals surface area contributed by atoms with E-state index < -0.39 is 0 Å². The number of ether oxygens (including phenoxy) is 2. The molecule has 0 atom stereocenters. The molecule has 118 valence electrons. The molecule has 1 aromatic carbocycles. The van der Waals surface area contributed by atoms with Gasteiger partial charge in [0.2, 0.25) is 0 Å². The maximum atomic E-state index is 8.72. The molecule has 21 heavy (non-hydrogen) atoms. The molecule has 0 saturated carbocycles. The predicted molar refractivity (Wildman–Crippen MR) is 83.9 cm³/mol. The molecule has 0 unspecified atom stereocenters. The number of nitrogens with two attached hydrogens (primary N) is 1. The zero-order chi connectivity index (χ0) is 15.7. The molecule has 0 fully saturated rings. The van der Waals surface area contributed by atoms with E-state index in [1.54, 1.807) is 7.11 Å². The molecule has 0 radical (unpaired) electrons. The summed E-state index contributed by atoms with van der Waals surface area (Å²) in [7, 11) is 1.70. The fraction of sp³-hybridized carbons (Fsp3) is 0.562. The fourth-order valence-corrected chi connectivity index (χ4v) is 1.94. The monoisotopic (exact) mass is 294 g/mol. The molecule has 0 aliphatic carbocycles. The Labute approximate surface area is 126 Å². The van der Waals surface area contributed by atoms with Gasteiger partial charge in [0.15, 0.2) is 0 Å². The van der Waals surface area contributed by atoms with Gasteiger partial charge < -0.3 is 20.4 Å². The number of benzene rings is 1. The number of rotatable bonds is 9. The maximum Gasteiger partial charge on any atom is 0.144 e. The summed E-state index contributed by atoms with van der Waals surface area (Å²) in [5, 5.41) is 11.8. The summed E-state index contributed by atoms with van der Waals surface area (Å²) in [5.74, 6) is 1.11. The molecule has 1 rings (SSSR count). The van der Waals surface area contributed by atoms with E-state index in [4.69, 9.17) is 20.4 Å². The molecule has 0 aromatic heterocycles. The van der Waals surface area contributed by atoms with E-state index in [1.165, 1.54) is 5.56 Å². The van der Waals surface area contributed by atoms with E-state index in [0.29, 0.717) is 6.61 Å². The van der Waals surface area contributed by atoms with Crippen LogP contribution in [0.4, 0.5) is 0 Å². The van der Waals surface area contributed by atoms with E-state index in [-0.39, 0.29) is 11.3 Å². The maximum absolute atomic E-state index is 8.72. The van der Waals surface area contributed by atoms with Gasteiger partial charge in [-0.05, 0) is 37.0 Å². The summed E-state index contributed by atoms with van der Waals surface area (Å²) in [4.78, 5) is 0. The second kappa shape index (κ2) is 8.52. The summed E-state index contributed by atoms with van der Waals surface area (Å²) in [6.45, 7) is 5.24. The largest absolute Gasteiger partial charge is 0.494 e. The minimum Gasteiger partial charge on any atom is -0.494 e. The second-order valence-electron chi connectivity index (χ2n) is 5.71. The van der Waals surface area contributed by atoms with Crippen LogP contribution in [0.3, 0.4) is 0 Å². The first kappa shape index (κ1) is 17.3. The van der Waals surface area contributed by atoms with Gasteiger partial charge in [0.1, 0.15) is 11.6 Å². The van der Waals surface area contributed by atoms with Crippen molar-refractivity contribution >= 4 is 5.84 Å². The molecule has 5 nitrogen and oxygen atoms in total. The minimum absolute atomic E-state index is 0.255. The highest BCUT2D eigenvalue weighted by Crippen LogP contribution is 2.22. The molecule has 0 bridgehead atoms. The fourth-order valence-electron chi connectivity index (χ4n) is 1.94. The van der Waals surface area contributed by atoms with E-state index >= 15 is 0 Å². The minimum atomic E-state index is -0.317. The predicted octanol–water partition coefficient (Wildman–Crippen LogP) is 2.81. The Balaban J connectivity index is 2.33. The highest BCUT2D eigenvalue weighted by Gasteiger charge is 2.22. The van der Waals surface area contributed by atoms with Crippen molar-refractivity contribution in [2.45, 2.75) is 33.1 Å². The number of hydrogen-bond donors (Lipinski definition) is 2. The van der Waals surface area contributed by atoms with Crippen molar-refractivity contribution in [2.24, 2.45) is 16.3 Å². The van der Waals surface area contributed by atoms with Crippen LogP contribution in [-0.4, -0.2) is 31.4 Å². The van der Waals surface area contributed by atoms with Crippen LogP contribution in [-0.2, 0) is 11.2 Å². The molecule has 3 N–H and O–H groups in total. The highest BCUT2D eigenvalue weighted by atomic mass is 16.5. The van der Waals surface area contributed by atoms with Crippen LogP contribution in [0.5, 0.6) is 5.75 Å². The lowest BCUT2D eigenvalue weighted by atomic mass is 9.87. The second-order valence-corrected chi connectivity index (χ2v) is 5.71. The van der Waals surface area contributed by atoms with Gasteiger partial charge in [-0.15, -0.1) is 0 Å². The van der Waals surface area contributed by atoms with Gasteiger partial charge in [-0.1, -0.05) is 31.1 Å². The zero-order valence-corrected chi connectivity index (χ0v) is 13.1. The van der Waals surface area contributed by atoms with Crippen molar-refractivity contribution in [3.63, 3.8) is 0 Å². The molecule has 5 heteroatoms. The van der Waals surface area contributed by atoms with Gasteiger partial charge in [0.05, 0.1) is 13.2 Å². The summed E-state index contributed by atoms with van der Waals surface area (Å²) in [6.07, 6.45) is 2.55. The van der Waals surface area contributed by atoms with Crippen molar-refractivity contribution in [3.05, 3.63) is 29.8 Å². The van der Waals surface area contributed by atoms with Crippen LogP contribution in [0.25, 0.3) is 0 Å². The summed E-state index contributed by atoms with van der Waals surface area (Å²) in [5.41, 5.74) is 6.57. The van der Waals surface area contributed by atoms with Gasteiger partial charge in [0.25, 0.3) is 0 Å². The first-order valence-corrected chi connectivity index (χ1v) is 7.18. The Morgan fingerprint density at radius 3 is 2.48 bits per heavy atom. The first-order chi connectivity index (χ1) is 9.99. The summed E-state index contributed by atoms with van der Waals surface area (Å²) < 4.78 is 10.7. The van der Waals surface area contributed by atoms with Crippen molar-refractivity contribution < 1.29 is 14.7 Å². The smallest absolute Gasteiger partial charge is 0.144 e. The normalized spacial score (nSPS) is 12.4. The Kier molecular flexibility index (Phi) is 7.02. The van der Waals surface area contributed by atoms with E-state index in [1.807, 2.05) is 26.0 Å². The molecule has 0 heterocycles. The SMILES string of the molecule is COCCc1ccc(OCCCC(C)(C)C(N)=NO)cc1. The molecule has 0 aliphatic rings. The van der Waals surface area contributed by atoms with Crippen molar-refractivity contribution in [3.8, 4) is 5.75 Å². The first-order valence-electron chi connectivity index (χ1n) is 7.18. The van der Waals surface area contributed by atoms with Crippen LogP contribution in [0, 0.1) is 5.41 Å². The lowest BCUT2D eigenvalue weighted by Gasteiger charge is -2.22. The highest BCUT2D eigenvalue weighted by molar-refractivity contribution is 5.85. The summed E-state index contributed by atoms with van der Waals surface area (Å²) >= 11 is 0. The molecule has 0 amide bonds. The quantitative estimate of drug-likeness (QED) is 0.241. The van der Waals surface area contributed by atoms with Gasteiger partial charge in [0, 0.05) is 12.5 Å². The Morgan fingerprint density at radius 2 is 1.90 bits per heavy atom. The number of nitrogens with zero attached hydrogens (tertiary/aromatic N) is 1. The third kappa shape index (κ3) is 6.04. The van der Waals surface area contributed by atoms with E-state index in [0.717, 1.165) is 31.6 Å². The topological polar surface area (TPSA) is 77.1 Å². The van der Waals surface area contributed by atoms with Gasteiger partial charge in [-0.2, -0.15) is 0 Å². The van der Waals surface area contributed by atoms with E-state index in [9.17, 15) is 0 Å². The number of oxime groups is 1. The van der Waals surface area contributed by atoms with Gasteiger partial charge >= 0.3 is 0 Å². The third-order valence-corrected chi connectivity index (χ3v) is 3.53. The standard InChI is InChI=1S/C16H26N2O3/c1-16(2,15(17)18-19)10-4-11-21-14-7-5-13(6-8-14)9-12-20-3/h5-8,19H,4,9-12H2,1-3H3,(H2,17,18). The molecule has 0 saturated heterocycles. The lowest BCUT2D eigenvalue weighted by Crippen LogP contribution is -2.32. The number of amidine groups is 1. The van der Waals surface area contributed by atoms with Crippen molar-refractivity contribution in [1.82, 2.24) is 0 Å². The van der Waals surface area contributed by atoms with Gasteiger partial charge in [-0.3, -0.25) is 0 Å². The zero-order valence-electron chi connectivity index (χ0n) is 13.1. The van der Waals surface area contributed by atoms with Gasteiger partial charge in [-0.25, -0.2) is 0 Å². The summed E-state index contributed by atoms with van der Waals surface area (Å²) in [6, 6.07) is 8.04. The Morgan fingerprint density at radius 1 is 1.24 bits per heavy atom. The Bertz CT molecular complexity index is 441. The number of methoxy groups -OCH3 is 1.